The van der Waals surface area contributed by atoms with Crippen LogP contribution in [0.5, 0.6) is 0 Å². The average Bonchev–Trinajstić information content (AvgIpc) is 2.80. The van der Waals surface area contributed by atoms with Crippen molar-refractivity contribution in [2.45, 2.75) is 50.3 Å². The maximum Gasteiger partial charge on any atom is 0.352 e. The third kappa shape index (κ3) is 5.67. The lowest BCUT2D eigenvalue weighted by atomic mass is 9.98. The van der Waals surface area contributed by atoms with Crippen LogP contribution < -0.4 is 11.1 Å². The Hall–Kier alpha value is -2.29. The number of thioether (sulfide) groups is 2. The number of nitrogens with zero attached hydrogens (tertiary/aromatic N) is 2. The molecule has 0 bridgehead atoms. The summed E-state index contributed by atoms with van der Waals surface area (Å²) in [5, 5.41) is 29.0. The number of hydrogen-bond acceptors (Lipinski definition) is 9. The maximum atomic E-state index is 13.1. The smallest absolute Gasteiger partial charge is 0.352 e. The molecule has 1 saturated heterocycles. The van der Waals surface area contributed by atoms with Gasteiger partial charge in [0.15, 0.2) is 5.17 Å². The van der Waals surface area contributed by atoms with Crippen LogP contribution in [0.25, 0.3) is 0 Å². The van der Waals surface area contributed by atoms with E-state index in [0.29, 0.717) is 29.6 Å². The summed E-state index contributed by atoms with van der Waals surface area (Å²) in [6.45, 7) is 5.18. The Morgan fingerprint density at radius 1 is 1.38 bits per heavy atom. The number of carboxylic acids is 2. The maximum absolute atomic E-state index is 13.1. The van der Waals surface area contributed by atoms with Gasteiger partial charge in [-0.15, -0.1) is 11.8 Å². The van der Waals surface area contributed by atoms with Crippen LogP contribution >= 0.6 is 23.5 Å². The summed E-state index contributed by atoms with van der Waals surface area (Å²) in [7, 11) is 1.26. The number of amides is 2. The predicted octanol–water partition coefficient (Wildman–Crippen LogP) is 0.291. The zero-order valence-electron chi connectivity index (χ0n) is 19.3. The first-order valence-corrected chi connectivity index (χ1v) is 12.8. The SMILES string of the molecule is CCN(CC)C(=N)SCC1=C(C(=O)O)N2C(=O)[C@](NC(=O)CCCC(N)C(=O)O)(OC)[C@@H]2SC1. The van der Waals surface area contributed by atoms with Gasteiger partial charge in [0.25, 0.3) is 11.6 Å². The van der Waals surface area contributed by atoms with Gasteiger partial charge in [-0.25, -0.2) is 4.79 Å². The van der Waals surface area contributed by atoms with E-state index in [1.807, 2.05) is 18.7 Å². The molecule has 0 aliphatic carbocycles. The first-order chi connectivity index (χ1) is 16.0. The molecule has 0 aromatic carbocycles. The Kier molecular flexibility index (Phi) is 9.79. The number of ether oxygens (including phenoxy) is 1. The number of methoxy groups -OCH3 is 1. The summed E-state index contributed by atoms with van der Waals surface area (Å²) >= 11 is 2.48. The number of amidine groups is 1. The number of aliphatic carboxylic acids is 2. The standard InChI is InChI=1S/C20H31N5O7S2/c1-4-24(5-2)19(22)34-10-11-9-33-18-20(32-3,17(31)25(18)14(11)16(29)30)23-13(26)8-6-7-12(21)15(27)28/h12,18,22H,4-10,21H2,1-3H3,(H,23,26)(H,27,28)(H,29,30)/t12?,18-,20-/m0/s1. The fourth-order valence-electron chi connectivity index (χ4n) is 3.69. The molecule has 0 radical (unpaired) electrons. The molecule has 2 heterocycles. The first-order valence-electron chi connectivity index (χ1n) is 10.7. The van der Waals surface area contributed by atoms with Crippen molar-refractivity contribution in [3.05, 3.63) is 11.3 Å². The minimum Gasteiger partial charge on any atom is -0.480 e. The quantitative estimate of drug-likeness (QED) is 0.104. The Labute approximate surface area is 206 Å². The Balaban J connectivity index is 2.11. The van der Waals surface area contributed by atoms with Crippen LogP contribution in [0.4, 0.5) is 0 Å². The molecule has 14 heteroatoms. The number of rotatable bonds is 12. The Bertz CT molecular complexity index is 879. The van der Waals surface area contributed by atoms with Crippen LogP contribution in [0.15, 0.2) is 11.3 Å². The van der Waals surface area contributed by atoms with Crippen molar-refractivity contribution in [2.75, 3.05) is 31.7 Å². The molecule has 1 fully saturated rings. The van der Waals surface area contributed by atoms with Crippen molar-refractivity contribution in [3.8, 4) is 0 Å². The minimum atomic E-state index is -1.70. The van der Waals surface area contributed by atoms with Crippen molar-refractivity contribution in [2.24, 2.45) is 5.73 Å². The van der Waals surface area contributed by atoms with Crippen molar-refractivity contribution in [1.29, 1.82) is 5.41 Å². The van der Waals surface area contributed by atoms with Gasteiger partial charge in [-0.2, -0.15) is 0 Å². The number of carboxylic acid groups (broad SMARTS) is 2. The molecule has 2 aliphatic heterocycles. The number of carbonyl (C=O) groups excluding carboxylic acids is 2. The van der Waals surface area contributed by atoms with E-state index in [9.17, 15) is 24.3 Å². The molecular weight excluding hydrogens is 486 g/mol. The largest absolute Gasteiger partial charge is 0.480 e. The predicted molar refractivity (Wildman–Crippen MR) is 128 cm³/mol. The molecular formula is C20H31N5O7S2. The molecule has 6 N–H and O–H groups in total. The molecule has 2 amide bonds. The molecule has 1 unspecified atom stereocenters. The third-order valence-electron chi connectivity index (χ3n) is 5.63. The van der Waals surface area contributed by atoms with Crippen LogP contribution in [0, 0.1) is 5.41 Å². The fourth-order valence-corrected chi connectivity index (χ4v) is 6.25. The highest BCUT2D eigenvalue weighted by Crippen LogP contribution is 2.47. The Morgan fingerprint density at radius 2 is 2.03 bits per heavy atom. The van der Waals surface area contributed by atoms with Gasteiger partial charge in [0.1, 0.15) is 17.1 Å². The normalized spacial score (nSPS) is 22.5. The number of nitrogens with one attached hydrogen (secondary N) is 2. The van der Waals surface area contributed by atoms with Crippen molar-refractivity contribution in [3.63, 3.8) is 0 Å². The average molecular weight is 518 g/mol. The molecule has 190 valence electrons. The Morgan fingerprint density at radius 3 is 2.56 bits per heavy atom. The van der Waals surface area contributed by atoms with Crippen molar-refractivity contribution < 1.29 is 34.1 Å². The second-order valence-corrected chi connectivity index (χ2v) is 9.72. The van der Waals surface area contributed by atoms with Crippen LogP contribution in [-0.2, 0) is 23.9 Å². The van der Waals surface area contributed by atoms with E-state index >= 15 is 0 Å². The van der Waals surface area contributed by atoms with Crippen molar-refractivity contribution in [1.82, 2.24) is 15.1 Å². The van der Waals surface area contributed by atoms with Gasteiger partial charge < -0.3 is 30.9 Å². The zero-order valence-corrected chi connectivity index (χ0v) is 21.0. The monoisotopic (exact) mass is 517 g/mol. The lowest BCUT2D eigenvalue weighted by Gasteiger charge is -2.55. The third-order valence-corrected chi connectivity index (χ3v) is 8.03. The lowest BCUT2D eigenvalue weighted by Crippen LogP contribution is -2.80. The van der Waals surface area contributed by atoms with Gasteiger partial charge in [0.2, 0.25) is 5.91 Å². The van der Waals surface area contributed by atoms with E-state index < -0.39 is 40.9 Å². The highest BCUT2D eigenvalue weighted by molar-refractivity contribution is 8.13. The second kappa shape index (κ2) is 11.9. The van der Waals surface area contributed by atoms with E-state index in [1.165, 1.54) is 30.6 Å². The van der Waals surface area contributed by atoms with E-state index in [4.69, 9.17) is 21.0 Å². The molecule has 0 aromatic rings. The number of hydrogen-bond donors (Lipinski definition) is 5. The molecule has 0 aromatic heterocycles. The molecule has 0 saturated carbocycles. The van der Waals surface area contributed by atoms with Gasteiger partial charge >= 0.3 is 11.9 Å². The molecule has 34 heavy (non-hydrogen) atoms. The minimum absolute atomic E-state index is 0.0618. The summed E-state index contributed by atoms with van der Waals surface area (Å²) in [6, 6.07) is -1.08. The van der Waals surface area contributed by atoms with E-state index in [1.54, 1.807) is 0 Å². The summed E-state index contributed by atoms with van der Waals surface area (Å²) in [4.78, 5) is 51.3. The number of β-lactam (4-membered cyclic amide) rings is 1. The molecule has 12 nitrogen and oxygen atoms in total. The summed E-state index contributed by atoms with van der Waals surface area (Å²) < 4.78 is 5.39. The van der Waals surface area contributed by atoms with Gasteiger partial charge in [-0.3, -0.25) is 24.7 Å². The van der Waals surface area contributed by atoms with Crippen LogP contribution in [0.2, 0.25) is 0 Å². The van der Waals surface area contributed by atoms with Crippen LogP contribution in [0.3, 0.4) is 0 Å². The van der Waals surface area contributed by atoms with E-state index in [2.05, 4.69) is 5.32 Å². The highest BCUT2D eigenvalue weighted by Gasteiger charge is 2.66. The topological polar surface area (TPSA) is 186 Å². The van der Waals surface area contributed by atoms with Crippen LogP contribution in [-0.4, -0.2) is 97.8 Å². The first kappa shape index (κ1) is 28.0. The summed E-state index contributed by atoms with van der Waals surface area (Å²) in [5.41, 5.74) is 4.10. The fraction of sp³-hybridized carbons (Fsp3) is 0.650. The summed E-state index contributed by atoms with van der Waals surface area (Å²) in [5.74, 6) is -3.10. The van der Waals surface area contributed by atoms with Crippen molar-refractivity contribution >= 4 is 52.4 Å². The van der Waals surface area contributed by atoms with Gasteiger partial charge in [0.05, 0.1) is 0 Å². The molecule has 2 aliphatic rings. The molecule has 3 atom stereocenters. The van der Waals surface area contributed by atoms with E-state index in [-0.39, 0.29) is 30.7 Å². The zero-order chi connectivity index (χ0) is 25.6. The molecule has 0 spiro atoms. The summed E-state index contributed by atoms with van der Waals surface area (Å²) in [6.07, 6.45) is 0.235. The van der Waals surface area contributed by atoms with Gasteiger partial charge in [0, 0.05) is 38.1 Å². The number of nitrogens with two attached hydrogens (primary N) is 1. The molecule has 2 rings (SSSR count). The number of fused-ring (bicyclic) bond motifs is 1. The highest BCUT2D eigenvalue weighted by atomic mass is 32.2. The van der Waals surface area contributed by atoms with Crippen LogP contribution in [0.1, 0.15) is 33.1 Å². The van der Waals surface area contributed by atoms with E-state index in [0.717, 1.165) is 4.90 Å². The lowest BCUT2D eigenvalue weighted by molar-refractivity contribution is -0.192. The second-order valence-electron chi connectivity index (χ2n) is 7.69. The van der Waals surface area contributed by atoms with Gasteiger partial charge in [-0.1, -0.05) is 11.8 Å². The number of carbonyl (C=O) groups is 4. The van der Waals surface area contributed by atoms with Gasteiger partial charge in [-0.05, 0) is 32.3 Å².